The van der Waals surface area contributed by atoms with Gasteiger partial charge in [0.1, 0.15) is 29.5 Å². The van der Waals surface area contributed by atoms with Crippen molar-refractivity contribution in [2.75, 3.05) is 32.6 Å². The average molecular weight is 460 g/mol. The first-order valence-corrected chi connectivity index (χ1v) is 10.0. The van der Waals surface area contributed by atoms with Crippen LogP contribution in [0.5, 0.6) is 11.5 Å². The molecule has 1 atom stereocenters. The highest BCUT2D eigenvalue weighted by molar-refractivity contribution is 5.96. The molecule has 0 saturated carbocycles. The largest absolute Gasteiger partial charge is 0.497 e. The molecular weight excluding hydrogens is 440 g/mol. The second kappa shape index (κ2) is 8.75. The molecule has 172 valence electrons. The molecule has 1 aromatic heterocycles. The third-order valence-electron chi connectivity index (χ3n) is 5.39. The van der Waals surface area contributed by atoms with Crippen molar-refractivity contribution in [2.45, 2.75) is 18.4 Å². The van der Waals surface area contributed by atoms with E-state index in [2.05, 4.69) is 15.3 Å². The van der Waals surface area contributed by atoms with Crippen LogP contribution in [0.2, 0.25) is 0 Å². The van der Waals surface area contributed by atoms with Crippen molar-refractivity contribution < 1.29 is 27.0 Å². The number of ether oxygens (including phenoxy) is 2. The molecule has 0 bridgehead atoms. The highest BCUT2D eigenvalue weighted by Gasteiger charge is 2.45. The highest BCUT2D eigenvalue weighted by atomic mass is 19.3. The molecule has 2 aromatic carbocycles. The molecule has 1 N–H and O–H groups in total. The minimum absolute atomic E-state index is 0.0429. The van der Waals surface area contributed by atoms with E-state index in [0.29, 0.717) is 17.8 Å². The number of aromatic nitrogens is 2. The van der Waals surface area contributed by atoms with Crippen molar-refractivity contribution in [3.8, 4) is 23.8 Å². The van der Waals surface area contributed by atoms with Crippen molar-refractivity contribution in [3.63, 3.8) is 0 Å². The molecule has 2 heterocycles. The molecule has 0 aliphatic carbocycles. The molecule has 10 heteroatoms. The van der Waals surface area contributed by atoms with E-state index in [4.69, 9.17) is 15.9 Å². The molecule has 0 amide bonds. The summed E-state index contributed by atoms with van der Waals surface area (Å²) in [6.45, 7) is -0.0176. The third-order valence-corrected chi connectivity index (χ3v) is 5.39. The number of anilines is 2. The van der Waals surface area contributed by atoms with Gasteiger partial charge in [-0.2, -0.15) is 0 Å². The van der Waals surface area contributed by atoms with Gasteiger partial charge >= 0.3 is 0 Å². The summed E-state index contributed by atoms with van der Waals surface area (Å²) >= 11 is 0. The van der Waals surface area contributed by atoms with Gasteiger partial charge in [-0.3, -0.25) is 0 Å². The number of terminal acetylenes is 1. The molecule has 0 radical (unpaired) electrons. The lowest BCUT2D eigenvalue weighted by atomic mass is 10.0. The van der Waals surface area contributed by atoms with Gasteiger partial charge in [0.2, 0.25) is 0 Å². The van der Waals surface area contributed by atoms with E-state index < -0.39 is 35.8 Å². The number of methoxy groups -OCH3 is 1. The average Bonchev–Trinajstić information content (AvgIpc) is 2.77. The predicted octanol–water partition coefficient (Wildman–Crippen LogP) is 4.36. The number of likely N-dealkylation sites (tertiary alicyclic amines) is 1. The van der Waals surface area contributed by atoms with Crippen LogP contribution in [0.15, 0.2) is 30.6 Å². The Labute approximate surface area is 187 Å². The van der Waals surface area contributed by atoms with Crippen LogP contribution < -0.4 is 14.8 Å². The first-order chi connectivity index (χ1) is 15.7. The molecule has 0 spiro atoms. The minimum atomic E-state index is -3.10. The Balaban J connectivity index is 1.80. The Bertz CT molecular complexity index is 1250. The molecular formula is C23H20F4N4O2. The molecule has 1 fully saturated rings. The Morgan fingerprint density at radius 2 is 2.03 bits per heavy atom. The fraction of sp³-hybridized carbons (Fsp3) is 0.304. The quantitative estimate of drug-likeness (QED) is 0.451. The first kappa shape index (κ1) is 22.6. The monoisotopic (exact) mass is 460 g/mol. The van der Waals surface area contributed by atoms with Gasteiger partial charge in [0.05, 0.1) is 35.8 Å². The topological polar surface area (TPSA) is 59.5 Å². The molecule has 3 aromatic rings. The summed E-state index contributed by atoms with van der Waals surface area (Å²) in [5, 5.41) is 2.99. The normalized spacial score (nSPS) is 18.0. The SMILES string of the molecule is C#Cc1c(F)ccc(Nc2ncnc3cc(OC)cc(OC4CCN(C)CC4(F)F)c23)c1F. The number of piperidine rings is 1. The van der Waals surface area contributed by atoms with Crippen LogP contribution >= 0.6 is 0 Å². The number of rotatable bonds is 5. The maximum atomic E-state index is 14.7. The van der Waals surface area contributed by atoms with E-state index in [9.17, 15) is 17.6 Å². The van der Waals surface area contributed by atoms with Crippen molar-refractivity contribution in [3.05, 3.63) is 47.8 Å². The summed E-state index contributed by atoms with van der Waals surface area (Å²) < 4.78 is 68.9. The standard InChI is InChI=1S/C23H20F4N4O2/c1-4-14-15(24)5-6-16(21(14)25)30-22-20-17(28-12-29-22)9-13(32-3)10-18(20)33-19-7-8-31(2)11-23(19,26)27/h1,5-6,9-10,12,19H,7-8,11H2,2-3H3,(H,28,29,30). The summed E-state index contributed by atoms with van der Waals surface area (Å²) in [4.78, 5) is 9.83. The third kappa shape index (κ3) is 4.36. The van der Waals surface area contributed by atoms with Crippen molar-refractivity contribution in [2.24, 2.45) is 0 Å². The second-order valence-corrected chi connectivity index (χ2v) is 7.69. The van der Waals surface area contributed by atoms with E-state index in [-0.39, 0.29) is 29.1 Å². The lowest BCUT2D eigenvalue weighted by Gasteiger charge is -2.36. The first-order valence-electron chi connectivity index (χ1n) is 10.0. The van der Waals surface area contributed by atoms with E-state index in [0.717, 1.165) is 12.1 Å². The molecule has 1 unspecified atom stereocenters. The lowest BCUT2D eigenvalue weighted by Crippen LogP contribution is -2.52. The Kier molecular flexibility index (Phi) is 5.99. The number of hydrogen-bond acceptors (Lipinski definition) is 6. The van der Waals surface area contributed by atoms with Crippen molar-refractivity contribution >= 4 is 22.4 Å². The van der Waals surface area contributed by atoms with Crippen molar-refractivity contribution in [1.29, 1.82) is 0 Å². The zero-order valence-electron chi connectivity index (χ0n) is 17.8. The zero-order valence-corrected chi connectivity index (χ0v) is 17.8. The summed E-state index contributed by atoms with van der Waals surface area (Å²) in [5.74, 6) is -2.55. The summed E-state index contributed by atoms with van der Waals surface area (Å²) in [6.07, 6.45) is 5.12. The number of halogens is 4. The number of nitrogens with one attached hydrogen (secondary N) is 1. The summed E-state index contributed by atoms with van der Waals surface area (Å²) in [7, 11) is 3.04. The fourth-order valence-corrected chi connectivity index (χ4v) is 3.73. The molecule has 4 rings (SSSR count). The van der Waals surface area contributed by atoms with Crippen LogP contribution in [0, 0.1) is 24.0 Å². The molecule has 33 heavy (non-hydrogen) atoms. The summed E-state index contributed by atoms with van der Waals surface area (Å²) in [6, 6.07) is 5.19. The Hall–Kier alpha value is -3.58. The van der Waals surface area contributed by atoms with E-state index in [1.165, 1.54) is 24.4 Å². The summed E-state index contributed by atoms with van der Waals surface area (Å²) in [5.41, 5.74) is -0.365. The van der Waals surface area contributed by atoms with Gasteiger partial charge in [-0.15, -0.1) is 6.42 Å². The van der Waals surface area contributed by atoms with E-state index >= 15 is 0 Å². The van der Waals surface area contributed by atoms with Crippen LogP contribution in [0.4, 0.5) is 29.1 Å². The van der Waals surface area contributed by atoms with Crippen LogP contribution in [0.1, 0.15) is 12.0 Å². The van der Waals surface area contributed by atoms with Gasteiger partial charge in [-0.05, 0) is 19.2 Å². The van der Waals surface area contributed by atoms with E-state index in [1.54, 1.807) is 13.1 Å². The fourth-order valence-electron chi connectivity index (χ4n) is 3.73. The van der Waals surface area contributed by atoms with Gasteiger partial charge in [0.15, 0.2) is 11.9 Å². The smallest absolute Gasteiger partial charge is 0.296 e. The van der Waals surface area contributed by atoms with Crippen molar-refractivity contribution in [1.82, 2.24) is 14.9 Å². The Morgan fingerprint density at radius 3 is 2.73 bits per heavy atom. The highest BCUT2D eigenvalue weighted by Crippen LogP contribution is 2.39. The maximum absolute atomic E-state index is 14.7. The van der Waals surface area contributed by atoms with Gasteiger partial charge in [0.25, 0.3) is 5.92 Å². The van der Waals surface area contributed by atoms with Crippen LogP contribution in [-0.4, -0.2) is 54.1 Å². The second-order valence-electron chi connectivity index (χ2n) is 7.69. The van der Waals surface area contributed by atoms with Gasteiger partial charge in [0, 0.05) is 25.1 Å². The number of nitrogens with zero attached hydrogens (tertiary/aromatic N) is 3. The number of benzene rings is 2. The lowest BCUT2D eigenvalue weighted by molar-refractivity contribution is -0.134. The number of hydrogen-bond donors (Lipinski definition) is 1. The molecule has 1 aliphatic rings. The molecule has 1 saturated heterocycles. The van der Waals surface area contributed by atoms with Crippen LogP contribution in [0.3, 0.4) is 0 Å². The maximum Gasteiger partial charge on any atom is 0.296 e. The number of fused-ring (bicyclic) bond motifs is 1. The van der Waals surface area contributed by atoms with Gasteiger partial charge in [-0.1, -0.05) is 5.92 Å². The van der Waals surface area contributed by atoms with Crippen LogP contribution in [-0.2, 0) is 0 Å². The van der Waals surface area contributed by atoms with Crippen LogP contribution in [0.25, 0.3) is 10.9 Å². The predicted molar refractivity (Wildman–Crippen MR) is 115 cm³/mol. The number of alkyl halides is 2. The minimum Gasteiger partial charge on any atom is -0.497 e. The molecule has 1 aliphatic heterocycles. The molecule has 6 nitrogen and oxygen atoms in total. The van der Waals surface area contributed by atoms with E-state index in [1.807, 2.05) is 5.92 Å². The van der Waals surface area contributed by atoms with Gasteiger partial charge < -0.3 is 19.7 Å². The van der Waals surface area contributed by atoms with Gasteiger partial charge in [-0.25, -0.2) is 27.5 Å². The Morgan fingerprint density at radius 1 is 1.24 bits per heavy atom. The zero-order chi connectivity index (χ0) is 23.8.